The lowest BCUT2D eigenvalue weighted by Gasteiger charge is -2.03. The van der Waals surface area contributed by atoms with Crippen molar-refractivity contribution in [1.82, 2.24) is 20.1 Å². The largest absolute Gasteiger partial charge is 0.348 e. The van der Waals surface area contributed by atoms with Crippen LogP contribution in [0.2, 0.25) is 0 Å². The zero-order valence-electron chi connectivity index (χ0n) is 13.6. The van der Waals surface area contributed by atoms with Gasteiger partial charge in [0.1, 0.15) is 11.6 Å². The molecule has 0 saturated carbocycles. The number of nitrogens with zero attached hydrogens (tertiary/aromatic N) is 3. The molecule has 0 fully saturated rings. The molecular weight excluding hydrogens is 339 g/mol. The second-order valence-corrected chi connectivity index (χ2v) is 6.46. The van der Waals surface area contributed by atoms with Gasteiger partial charge in [0.05, 0.1) is 5.69 Å². The van der Waals surface area contributed by atoms with E-state index in [9.17, 15) is 9.18 Å². The van der Waals surface area contributed by atoms with Gasteiger partial charge >= 0.3 is 0 Å². The molecule has 0 atom stereocenters. The van der Waals surface area contributed by atoms with Crippen LogP contribution < -0.4 is 5.32 Å². The molecule has 7 heteroatoms. The molecule has 2 aromatic carbocycles. The molecule has 3 aromatic rings. The number of aromatic nitrogens is 3. The van der Waals surface area contributed by atoms with E-state index in [2.05, 4.69) is 15.4 Å². The van der Waals surface area contributed by atoms with Crippen molar-refractivity contribution in [2.24, 2.45) is 0 Å². The summed E-state index contributed by atoms with van der Waals surface area (Å²) in [5.41, 5.74) is 0.657. The summed E-state index contributed by atoms with van der Waals surface area (Å²) in [5, 5.41) is 7.02. The summed E-state index contributed by atoms with van der Waals surface area (Å²) in [6.45, 7) is 2.26. The normalized spacial score (nSPS) is 10.6. The van der Waals surface area contributed by atoms with E-state index in [1.54, 1.807) is 30.8 Å². The van der Waals surface area contributed by atoms with Crippen molar-refractivity contribution in [3.63, 3.8) is 0 Å². The zero-order chi connectivity index (χ0) is 17.6. The van der Waals surface area contributed by atoms with Gasteiger partial charge in [-0.15, -0.1) is 16.9 Å². The van der Waals surface area contributed by atoms with Crippen LogP contribution in [0.5, 0.6) is 0 Å². The van der Waals surface area contributed by atoms with E-state index < -0.39 is 0 Å². The topological polar surface area (TPSA) is 59.8 Å². The highest BCUT2D eigenvalue weighted by Crippen LogP contribution is 2.16. The lowest BCUT2D eigenvalue weighted by atomic mass is 10.3. The molecular formula is C18H17FN4OS. The number of rotatable bonds is 6. The van der Waals surface area contributed by atoms with Gasteiger partial charge in [-0.3, -0.25) is 4.79 Å². The molecule has 0 saturated heterocycles. The first-order valence-electron chi connectivity index (χ1n) is 7.79. The van der Waals surface area contributed by atoms with Crippen LogP contribution in [0.4, 0.5) is 4.39 Å². The van der Waals surface area contributed by atoms with Crippen LogP contribution in [0.15, 0.2) is 59.5 Å². The van der Waals surface area contributed by atoms with Gasteiger partial charge in [0.15, 0.2) is 0 Å². The van der Waals surface area contributed by atoms with Crippen molar-refractivity contribution in [1.29, 1.82) is 0 Å². The van der Waals surface area contributed by atoms with Gasteiger partial charge in [-0.25, -0.2) is 14.1 Å². The van der Waals surface area contributed by atoms with Crippen LogP contribution in [-0.2, 0) is 0 Å². The fourth-order valence-electron chi connectivity index (χ4n) is 2.24. The summed E-state index contributed by atoms with van der Waals surface area (Å²) in [6, 6.07) is 15.9. The number of nitrogens with one attached hydrogen (secondary N) is 1. The predicted octanol–water partition coefficient (Wildman–Crippen LogP) is 3.24. The van der Waals surface area contributed by atoms with E-state index >= 15 is 0 Å². The van der Waals surface area contributed by atoms with Crippen molar-refractivity contribution in [3.05, 3.63) is 72.1 Å². The Labute approximate surface area is 149 Å². The third-order valence-corrected chi connectivity index (χ3v) is 4.46. The van der Waals surface area contributed by atoms with E-state index in [-0.39, 0.29) is 17.5 Å². The predicted molar refractivity (Wildman–Crippen MR) is 95.6 cm³/mol. The Bertz CT molecular complexity index is 849. The molecule has 0 bridgehead atoms. The van der Waals surface area contributed by atoms with E-state index in [4.69, 9.17) is 0 Å². The van der Waals surface area contributed by atoms with Crippen molar-refractivity contribution in [2.75, 3.05) is 12.3 Å². The first kappa shape index (κ1) is 17.2. The van der Waals surface area contributed by atoms with Gasteiger partial charge in [0, 0.05) is 17.2 Å². The molecule has 25 heavy (non-hydrogen) atoms. The van der Waals surface area contributed by atoms with Gasteiger partial charge < -0.3 is 5.32 Å². The number of aryl methyl sites for hydroxylation is 1. The summed E-state index contributed by atoms with van der Waals surface area (Å²) >= 11 is 1.67. The molecule has 1 heterocycles. The summed E-state index contributed by atoms with van der Waals surface area (Å²) in [4.78, 5) is 17.5. The van der Waals surface area contributed by atoms with E-state index in [1.165, 1.54) is 16.8 Å². The van der Waals surface area contributed by atoms with Gasteiger partial charge in [0.2, 0.25) is 5.82 Å². The highest BCUT2D eigenvalue weighted by Gasteiger charge is 2.14. The maximum Gasteiger partial charge on any atom is 0.291 e. The molecule has 0 unspecified atom stereocenters. The monoisotopic (exact) mass is 356 g/mol. The van der Waals surface area contributed by atoms with Gasteiger partial charge in [-0.05, 0) is 43.3 Å². The third kappa shape index (κ3) is 4.45. The van der Waals surface area contributed by atoms with Crippen LogP contribution in [0.3, 0.4) is 0 Å². The zero-order valence-corrected chi connectivity index (χ0v) is 14.5. The SMILES string of the molecule is Cc1nc(C(=O)NCCSc2ccccc2)nn1-c1ccc(F)cc1. The molecule has 3 rings (SSSR count). The van der Waals surface area contributed by atoms with Crippen molar-refractivity contribution in [3.8, 4) is 5.69 Å². The number of thioether (sulfide) groups is 1. The molecule has 5 nitrogen and oxygen atoms in total. The van der Waals surface area contributed by atoms with Crippen LogP contribution in [0.1, 0.15) is 16.4 Å². The van der Waals surface area contributed by atoms with E-state index in [0.717, 1.165) is 10.6 Å². The average molecular weight is 356 g/mol. The summed E-state index contributed by atoms with van der Waals surface area (Å²) in [5.74, 6) is 0.780. The minimum atomic E-state index is -0.324. The minimum absolute atomic E-state index is 0.103. The standard InChI is InChI=1S/C18H17FN4OS/c1-13-21-17(22-23(13)15-9-7-14(19)8-10-15)18(24)20-11-12-25-16-5-3-2-4-6-16/h2-10H,11-12H2,1H3,(H,20,24). The molecule has 0 aliphatic heterocycles. The molecule has 1 amide bonds. The second kappa shape index (κ2) is 7.94. The Morgan fingerprint density at radius 2 is 1.88 bits per heavy atom. The molecule has 1 aromatic heterocycles. The highest BCUT2D eigenvalue weighted by molar-refractivity contribution is 7.99. The number of carbonyl (C=O) groups is 1. The van der Waals surface area contributed by atoms with Crippen molar-refractivity contribution >= 4 is 17.7 Å². The first-order chi connectivity index (χ1) is 12.1. The summed E-state index contributed by atoms with van der Waals surface area (Å²) in [6.07, 6.45) is 0. The Kier molecular flexibility index (Phi) is 5.45. The number of benzene rings is 2. The van der Waals surface area contributed by atoms with Gasteiger partial charge in [-0.1, -0.05) is 18.2 Å². The lowest BCUT2D eigenvalue weighted by molar-refractivity contribution is 0.0946. The molecule has 0 spiro atoms. The maximum atomic E-state index is 13.0. The van der Waals surface area contributed by atoms with Crippen LogP contribution >= 0.6 is 11.8 Å². The smallest absolute Gasteiger partial charge is 0.291 e. The molecule has 1 N–H and O–H groups in total. The summed E-state index contributed by atoms with van der Waals surface area (Å²) < 4.78 is 14.5. The molecule has 128 valence electrons. The van der Waals surface area contributed by atoms with Crippen molar-refractivity contribution < 1.29 is 9.18 Å². The first-order valence-corrected chi connectivity index (χ1v) is 8.78. The third-order valence-electron chi connectivity index (χ3n) is 3.44. The number of halogens is 1. The van der Waals surface area contributed by atoms with Gasteiger partial charge in [-0.2, -0.15) is 0 Å². The molecule has 0 radical (unpaired) electrons. The fourth-order valence-corrected chi connectivity index (χ4v) is 3.03. The van der Waals surface area contributed by atoms with E-state index in [1.807, 2.05) is 30.3 Å². The molecule has 0 aliphatic rings. The second-order valence-electron chi connectivity index (χ2n) is 5.29. The maximum absolute atomic E-state index is 13.0. The Morgan fingerprint density at radius 1 is 1.16 bits per heavy atom. The number of carbonyl (C=O) groups excluding carboxylic acids is 1. The van der Waals surface area contributed by atoms with Crippen molar-refractivity contribution in [2.45, 2.75) is 11.8 Å². The lowest BCUT2D eigenvalue weighted by Crippen LogP contribution is -2.27. The number of hydrogen-bond acceptors (Lipinski definition) is 4. The Morgan fingerprint density at radius 3 is 2.60 bits per heavy atom. The van der Waals surface area contributed by atoms with Crippen LogP contribution in [0, 0.1) is 12.7 Å². The summed E-state index contributed by atoms with van der Waals surface area (Å²) in [7, 11) is 0. The van der Waals surface area contributed by atoms with Crippen LogP contribution in [-0.4, -0.2) is 33.0 Å². The van der Waals surface area contributed by atoms with Gasteiger partial charge in [0.25, 0.3) is 5.91 Å². The molecule has 0 aliphatic carbocycles. The number of amides is 1. The van der Waals surface area contributed by atoms with Crippen LogP contribution in [0.25, 0.3) is 5.69 Å². The van der Waals surface area contributed by atoms with E-state index in [0.29, 0.717) is 18.1 Å². The quantitative estimate of drug-likeness (QED) is 0.544. The average Bonchev–Trinajstić information content (AvgIpc) is 3.02. The Balaban J connectivity index is 1.57. The minimum Gasteiger partial charge on any atom is -0.348 e. The Hall–Kier alpha value is -2.67. The number of hydrogen-bond donors (Lipinski definition) is 1. The fraction of sp³-hybridized carbons (Fsp3) is 0.167. The highest BCUT2D eigenvalue weighted by atomic mass is 32.2.